The normalized spacial score (nSPS) is 27.6. The molecule has 0 unspecified atom stereocenters. The molecular weight excluding hydrogens is 256 g/mol. The van der Waals surface area contributed by atoms with Gasteiger partial charge in [0.2, 0.25) is 5.91 Å². The lowest BCUT2D eigenvalue weighted by Crippen LogP contribution is -2.58. The molecule has 2 aliphatic rings. The second kappa shape index (κ2) is 4.44. The Balaban J connectivity index is 2.11. The van der Waals surface area contributed by atoms with E-state index in [0.717, 1.165) is 25.7 Å². The molecular formula is C15H26N2OS. The maximum absolute atomic E-state index is 12.6. The predicted molar refractivity (Wildman–Crippen MR) is 81.8 cm³/mol. The highest BCUT2D eigenvalue weighted by molar-refractivity contribution is 7.80. The summed E-state index contributed by atoms with van der Waals surface area (Å²) in [6.07, 6.45) is 5.17. The van der Waals surface area contributed by atoms with E-state index in [0.29, 0.717) is 4.99 Å². The molecule has 0 bridgehead atoms. The third-order valence-electron chi connectivity index (χ3n) is 5.82. The summed E-state index contributed by atoms with van der Waals surface area (Å²) in [6, 6.07) is 0. The van der Waals surface area contributed by atoms with Crippen LogP contribution in [0.3, 0.4) is 0 Å². The first-order valence-electron chi connectivity index (χ1n) is 7.27. The molecule has 4 heteroatoms. The zero-order valence-electron chi connectivity index (χ0n) is 12.5. The van der Waals surface area contributed by atoms with Gasteiger partial charge in [-0.05, 0) is 23.7 Å². The van der Waals surface area contributed by atoms with E-state index >= 15 is 0 Å². The Hall–Kier alpha value is -0.640. The maximum Gasteiger partial charge on any atom is 0.225 e. The highest BCUT2D eigenvalue weighted by Gasteiger charge is 2.68. The van der Waals surface area contributed by atoms with Crippen molar-refractivity contribution in [2.45, 2.75) is 65.3 Å². The Morgan fingerprint density at radius 3 is 1.95 bits per heavy atom. The predicted octanol–water partition coefficient (Wildman–Crippen LogP) is 2.77. The second-order valence-corrected chi connectivity index (χ2v) is 7.81. The van der Waals surface area contributed by atoms with E-state index in [1.54, 1.807) is 0 Å². The monoisotopic (exact) mass is 282 g/mol. The van der Waals surface area contributed by atoms with E-state index in [-0.39, 0.29) is 22.7 Å². The number of carbonyl (C=O) groups is 1. The van der Waals surface area contributed by atoms with Gasteiger partial charge >= 0.3 is 0 Å². The largest absolute Gasteiger partial charge is 0.391 e. The smallest absolute Gasteiger partial charge is 0.225 e. The van der Waals surface area contributed by atoms with Crippen LogP contribution in [0.5, 0.6) is 0 Å². The molecule has 0 aliphatic heterocycles. The summed E-state index contributed by atoms with van der Waals surface area (Å²) in [6.45, 7) is 8.63. The van der Waals surface area contributed by atoms with Gasteiger partial charge in [-0.15, -0.1) is 0 Å². The van der Waals surface area contributed by atoms with Crippen molar-refractivity contribution in [3.05, 3.63) is 0 Å². The topological polar surface area (TPSA) is 55.1 Å². The molecule has 2 rings (SSSR count). The maximum atomic E-state index is 12.6. The molecule has 0 saturated heterocycles. The first kappa shape index (κ1) is 14.8. The van der Waals surface area contributed by atoms with E-state index in [2.05, 4.69) is 33.0 Å². The van der Waals surface area contributed by atoms with Crippen LogP contribution < -0.4 is 11.1 Å². The fourth-order valence-corrected chi connectivity index (χ4v) is 4.00. The molecule has 2 fully saturated rings. The summed E-state index contributed by atoms with van der Waals surface area (Å²) in [5.74, 6) is 0.192. The number of thiocarbonyl (C=S) groups is 1. The van der Waals surface area contributed by atoms with Gasteiger partial charge in [0.15, 0.2) is 0 Å². The molecule has 2 aliphatic carbocycles. The van der Waals surface area contributed by atoms with Crippen LogP contribution in [-0.4, -0.2) is 16.4 Å². The van der Waals surface area contributed by atoms with Crippen molar-refractivity contribution in [1.82, 2.24) is 5.32 Å². The summed E-state index contributed by atoms with van der Waals surface area (Å²) in [5.41, 5.74) is 5.61. The van der Waals surface area contributed by atoms with E-state index in [1.165, 1.54) is 6.42 Å². The van der Waals surface area contributed by atoms with Crippen LogP contribution in [0.1, 0.15) is 59.8 Å². The average Bonchev–Trinajstić information content (AvgIpc) is 2.70. The first-order chi connectivity index (χ1) is 8.65. The number of carbonyl (C=O) groups excluding carboxylic acids is 1. The van der Waals surface area contributed by atoms with Crippen molar-refractivity contribution in [1.29, 1.82) is 0 Å². The molecule has 1 amide bonds. The number of rotatable bonds is 3. The molecule has 0 radical (unpaired) electrons. The van der Waals surface area contributed by atoms with Crippen LogP contribution in [-0.2, 0) is 4.79 Å². The lowest BCUT2D eigenvalue weighted by atomic mass is 9.81. The van der Waals surface area contributed by atoms with Gasteiger partial charge in [-0.3, -0.25) is 4.79 Å². The first-order valence-corrected chi connectivity index (χ1v) is 7.68. The number of hydrogen-bond donors (Lipinski definition) is 2. The summed E-state index contributed by atoms with van der Waals surface area (Å²) >= 11 is 5.23. The molecule has 0 heterocycles. The summed E-state index contributed by atoms with van der Waals surface area (Å²) < 4.78 is 0. The molecule has 3 N–H and O–H groups in total. The third-order valence-corrected chi connectivity index (χ3v) is 6.21. The molecule has 0 aromatic heterocycles. The second-order valence-electron chi connectivity index (χ2n) is 7.37. The van der Waals surface area contributed by atoms with E-state index in [9.17, 15) is 4.79 Å². The molecule has 0 aromatic carbocycles. The lowest BCUT2D eigenvalue weighted by Gasteiger charge is -2.37. The molecule has 3 nitrogen and oxygen atoms in total. The molecule has 19 heavy (non-hydrogen) atoms. The zero-order valence-corrected chi connectivity index (χ0v) is 13.3. The highest BCUT2D eigenvalue weighted by atomic mass is 32.1. The van der Waals surface area contributed by atoms with E-state index < -0.39 is 5.54 Å². The van der Waals surface area contributed by atoms with Crippen LogP contribution in [0.2, 0.25) is 0 Å². The Labute approximate surface area is 121 Å². The van der Waals surface area contributed by atoms with Crippen LogP contribution in [0.4, 0.5) is 0 Å². The molecule has 2 saturated carbocycles. The van der Waals surface area contributed by atoms with Gasteiger partial charge in [-0.2, -0.15) is 0 Å². The quantitative estimate of drug-likeness (QED) is 0.783. The van der Waals surface area contributed by atoms with Crippen LogP contribution in [0, 0.1) is 16.7 Å². The fraction of sp³-hybridized carbons (Fsp3) is 0.867. The fourth-order valence-electron chi connectivity index (χ4n) is 3.75. The van der Waals surface area contributed by atoms with Crippen molar-refractivity contribution in [3.63, 3.8) is 0 Å². The molecule has 108 valence electrons. The Kier molecular flexibility index (Phi) is 3.45. The van der Waals surface area contributed by atoms with Crippen LogP contribution in [0.25, 0.3) is 0 Å². The Morgan fingerprint density at radius 2 is 1.58 bits per heavy atom. The summed E-state index contributed by atoms with van der Waals surface area (Å²) in [4.78, 5) is 13.0. The van der Waals surface area contributed by atoms with Crippen molar-refractivity contribution in [2.75, 3.05) is 0 Å². The van der Waals surface area contributed by atoms with Gasteiger partial charge in [-0.25, -0.2) is 0 Å². The van der Waals surface area contributed by atoms with Crippen molar-refractivity contribution < 1.29 is 4.79 Å². The minimum atomic E-state index is -0.431. The van der Waals surface area contributed by atoms with Gasteiger partial charge in [0.25, 0.3) is 0 Å². The number of amides is 1. The van der Waals surface area contributed by atoms with Crippen LogP contribution >= 0.6 is 12.2 Å². The SMILES string of the molecule is CC1(C)C(C(=O)NC2(C(N)=S)CCCCC2)C1(C)C. The van der Waals surface area contributed by atoms with Crippen molar-refractivity contribution in [3.8, 4) is 0 Å². The van der Waals surface area contributed by atoms with Crippen molar-refractivity contribution in [2.24, 2.45) is 22.5 Å². The van der Waals surface area contributed by atoms with Crippen molar-refractivity contribution >= 4 is 23.1 Å². The minimum absolute atomic E-state index is 0.0587. The third kappa shape index (κ3) is 2.18. The molecule has 0 spiro atoms. The number of hydrogen-bond acceptors (Lipinski definition) is 2. The summed E-state index contributed by atoms with van der Waals surface area (Å²) in [5, 5.41) is 3.20. The average molecular weight is 282 g/mol. The van der Waals surface area contributed by atoms with Gasteiger partial charge < -0.3 is 11.1 Å². The van der Waals surface area contributed by atoms with Gasteiger partial charge in [-0.1, -0.05) is 59.2 Å². The van der Waals surface area contributed by atoms with E-state index in [4.69, 9.17) is 18.0 Å². The van der Waals surface area contributed by atoms with Gasteiger partial charge in [0.1, 0.15) is 0 Å². The minimum Gasteiger partial charge on any atom is -0.391 e. The number of nitrogens with two attached hydrogens (primary N) is 1. The van der Waals surface area contributed by atoms with Gasteiger partial charge in [0, 0.05) is 5.92 Å². The Morgan fingerprint density at radius 1 is 1.11 bits per heavy atom. The molecule has 0 atom stereocenters. The van der Waals surface area contributed by atoms with Gasteiger partial charge in [0.05, 0.1) is 10.5 Å². The van der Waals surface area contributed by atoms with E-state index in [1.807, 2.05) is 0 Å². The molecule has 0 aromatic rings. The Bertz CT molecular complexity index is 394. The summed E-state index contributed by atoms with van der Waals surface area (Å²) in [7, 11) is 0. The standard InChI is InChI=1S/C15H26N2OS/c1-13(2)10(14(13,3)4)11(18)17-15(12(16)19)8-6-5-7-9-15/h10H,5-9H2,1-4H3,(H2,16,19)(H,17,18). The number of nitrogens with one attached hydrogen (secondary N) is 1. The highest BCUT2D eigenvalue weighted by Crippen LogP contribution is 2.68. The zero-order chi connectivity index (χ0) is 14.5. The van der Waals surface area contributed by atoms with Crippen LogP contribution in [0.15, 0.2) is 0 Å². The lowest BCUT2D eigenvalue weighted by molar-refractivity contribution is -0.125.